The van der Waals surface area contributed by atoms with E-state index in [0.29, 0.717) is 38.0 Å². The Hall–Kier alpha value is -0.790. The zero-order valence-corrected chi connectivity index (χ0v) is 18.7. The fourth-order valence-corrected chi connectivity index (χ4v) is 6.47. The van der Waals surface area contributed by atoms with Crippen LogP contribution in [0.2, 0.25) is 0 Å². The van der Waals surface area contributed by atoms with E-state index < -0.39 is 6.04 Å². The topological polar surface area (TPSA) is 59.1 Å². The lowest BCUT2D eigenvalue weighted by Gasteiger charge is -2.47. The number of thioether (sulfide) groups is 1. The van der Waals surface area contributed by atoms with E-state index in [2.05, 4.69) is 25.7 Å². The molecule has 6 nitrogen and oxygen atoms in total. The quantitative estimate of drug-likeness (QED) is 0.662. The number of amides is 1. The fraction of sp³-hybridized carbons (Fsp3) is 0.905. The van der Waals surface area contributed by atoms with Crippen LogP contribution in [-0.4, -0.2) is 77.8 Å². The van der Waals surface area contributed by atoms with Crippen molar-refractivity contribution >= 4 is 23.6 Å². The van der Waals surface area contributed by atoms with Gasteiger partial charge in [0.2, 0.25) is 5.91 Å². The van der Waals surface area contributed by atoms with Gasteiger partial charge in [0.25, 0.3) is 0 Å². The third-order valence-electron chi connectivity index (χ3n) is 6.54. The van der Waals surface area contributed by atoms with Crippen LogP contribution in [-0.2, 0) is 19.1 Å². The van der Waals surface area contributed by atoms with Gasteiger partial charge in [-0.05, 0) is 43.9 Å². The summed E-state index contributed by atoms with van der Waals surface area (Å²) in [6, 6.07) is -0.454. The molecule has 1 atom stereocenters. The molecule has 7 heteroatoms. The number of hydrogen-bond acceptors (Lipinski definition) is 6. The molecule has 0 N–H and O–H groups in total. The Morgan fingerprint density at radius 2 is 1.82 bits per heavy atom. The lowest BCUT2D eigenvalue weighted by Crippen LogP contribution is -2.57. The van der Waals surface area contributed by atoms with Crippen LogP contribution in [0.25, 0.3) is 0 Å². The highest BCUT2D eigenvalue weighted by Gasteiger charge is 2.54. The minimum atomic E-state index is -0.454. The lowest BCUT2D eigenvalue weighted by molar-refractivity contribution is -0.157. The average molecular weight is 413 g/mol. The largest absolute Gasteiger partial charge is 0.464 e. The van der Waals surface area contributed by atoms with E-state index in [4.69, 9.17) is 9.47 Å². The molecule has 1 spiro atoms. The average Bonchev–Trinajstić information content (AvgIpc) is 3.01. The summed E-state index contributed by atoms with van der Waals surface area (Å²) in [5.74, 6) is 1.13. The lowest BCUT2D eigenvalue weighted by atomic mass is 9.71. The second-order valence-corrected chi connectivity index (χ2v) is 10.7. The second-order valence-electron chi connectivity index (χ2n) is 9.32. The number of carbonyl (C=O) groups excluding carboxylic acids is 2. The van der Waals surface area contributed by atoms with Crippen LogP contribution in [0.5, 0.6) is 0 Å². The molecule has 3 aliphatic rings. The number of morpholine rings is 1. The van der Waals surface area contributed by atoms with Gasteiger partial charge in [0.05, 0.1) is 31.2 Å². The van der Waals surface area contributed by atoms with E-state index >= 15 is 0 Å². The van der Waals surface area contributed by atoms with Crippen LogP contribution >= 0.6 is 11.8 Å². The minimum absolute atomic E-state index is 0.0687. The first-order chi connectivity index (χ1) is 13.3. The maximum atomic E-state index is 13.4. The number of esters is 1. The molecule has 0 unspecified atom stereocenters. The molecule has 0 aromatic carbocycles. The van der Waals surface area contributed by atoms with Crippen molar-refractivity contribution in [3.63, 3.8) is 0 Å². The van der Waals surface area contributed by atoms with Crippen molar-refractivity contribution in [1.82, 2.24) is 9.80 Å². The predicted molar refractivity (Wildman–Crippen MR) is 111 cm³/mol. The van der Waals surface area contributed by atoms with E-state index in [9.17, 15) is 9.59 Å². The molecule has 3 fully saturated rings. The normalized spacial score (nSPS) is 31.9. The van der Waals surface area contributed by atoms with Crippen molar-refractivity contribution in [2.45, 2.75) is 64.3 Å². The summed E-state index contributed by atoms with van der Waals surface area (Å²) < 4.78 is 10.7. The van der Waals surface area contributed by atoms with Gasteiger partial charge in [0.15, 0.2) is 0 Å². The van der Waals surface area contributed by atoms with Crippen LogP contribution in [0.15, 0.2) is 0 Å². The maximum Gasteiger partial charge on any atom is 0.329 e. The summed E-state index contributed by atoms with van der Waals surface area (Å²) in [7, 11) is 0. The van der Waals surface area contributed by atoms with Crippen molar-refractivity contribution in [3.8, 4) is 0 Å². The second kappa shape index (κ2) is 8.92. The summed E-state index contributed by atoms with van der Waals surface area (Å²) in [6.45, 7) is 12.3. The van der Waals surface area contributed by atoms with Crippen molar-refractivity contribution in [1.29, 1.82) is 0 Å². The van der Waals surface area contributed by atoms with Gasteiger partial charge in [-0.25, -0.2) is 4.79 Å². The molecule has 3 rings (SSSR count). The summed E-state index contributed by atoms with van der Waals surface area (Å²) in [6.07, 6.45) is 4.13. The Morgan fingerprint density at radius 1 is 1.18 bits per heavy atom. The first-order valence-corrected chi connectivity index (χ1v) is 11.7. The summed E-state index contributed by atoms with van der Waals surface area (Å²) in [4.78, 5) is 29.9. The van der Waals surface area contributed by atoms with Gasteiger partial charge in [-0.3, -0.25) is 9.69 Å². The third-order valence-corrected chi connectivity index (χ3v) is 8.17. The highest BCUT2D eigenvalue weighted by Crippen LogP contribution is 2.53. The van der Waals surface area contributed by atoms with Gasteiger partial charge in [0, 0.05) is 18.8 Å². The van der Waals surface area contributed by atoms with Crippen molar-refractivity contribution in [2.75, 3.05) is 45.2 Å². The maximum absolute atomic E-state index is 13.4. The zero-order chi connectivity index (χ0) is 20.4. The first-order valence-electron chi connectivity index (χ1n) is 10.7. The van der Waals surface area contributed by atoms with Crippen molar-refractivity contribution in [3.05, 3.63) is 0 Å². The molecule has 2 heterocycles. The van der Waals surface area contributed by atoms with Crippen LogP contribution in [0.3, 0.4) is 0 Å². The van der Waals surface area contributed by atoms with E-state index in [1.807, 2.05) is 11.8 Å². The van der Waals surface area contributed by atoms with E-state index in [0.717, 1.165) is 38.8 Å². The van der Waals surface area contributed by atoms with Gasteiger partial charge in [-0.1, -0.05) is 20.8 Å². The van der Waals surface area contributed by atoms with Gasteiger partial charge in [-0.15, -0.1) is 11.8 Å². The van der Waals surface area contributed by atoms with Crippen molar-refractivity contribution < 1.29 is 19.1 Å². The number of carbonyl (C=O) groups is 2. The summed E-state index contributed by atoms with van der Waals surface area (Å²) in [5.41, 5.74) is 0.286. The molecular weight excluding hydrogens is 376 g/mol. The Bertz CT molecular complexity index is 563. The van der Waals surface area contributed by atoms with E-state index in [1.165, 1.54) is 0 Å². The molecule has 2 saturated heterocycles. The first kappa shape index (κ1) is 21.9. The highest BCUT2D eigenvalue weighted by molar-refractivity contribution is 8.01. The Kier molecular flexibility index (Phi) is 6.98. The molecule has 0 radical (unpaired) electrons. The third kappa shape index (κ3) is 4.68. The predicted octanol–water partition coefficient (Wildman–Crippen LogP) is 2.76. The van der Waals surface area contributed by atoms with Gasteiger partial charge in [-0.2, -0.15) is 0 Å². The number of hydrogen-bond donors (Lipinski definition) is 0. The van der Waals surface area contributed by atoms with E-state index in [1.54, 1.807) is 11.8 Å². The van der Waals surface area contributed by atoms with Gasteiger partial charge < -0.3 is 14.4 Å². The highest BCUT2D eigenvalue weighted by atomic mass is 32.2. The Labute approximate surface area is 173 Å². The molecule has 28 heavy (non-hydrogen) atoms. The number of rotatable bonds is 4. The standard InChI is InChI=1S/C21H36N2O4S/c1-5-27-19(25)17-15-28-21(8-6-16(7-9-21)20(2,3)4)23(17)18(24)14-22-10-12-26-13-11-22/h16-17H,5-15H2,1-4H3/t16?,17-,21?/m0/s1. The number of ether oxygens (including phenoxy) is 2. The zero-order valence-electron chi connectivity index (χ0n) is 17.9. The van der Waals surface area contributed by atoms with Gasteiger partial charge >= 0.3 is 5.97 Å². The summed E-state index contributed by atoms with van der Waals surface area (Å²) >= 11 is 1.80. The summed E-state index contributed by atoms with van der Waals surface area (Å²) in [5, 5.41) is 0. The molecule has 0 aromatic rings. The smallest absolute Gasteiger partial charge is 0.329 e. The minimum Gasteiger partial charge on any atom is -0.464 e. The molecule has 2 aliphatic heterocycles. The van der Waals surface area contributed by atoms with Crippen LogP contribution < -0.4 is 0 Å². The van der Waals surface area contributed by atoms with Crippen LogP contribution in [0.1, 0.15) is 53.4 Å². The number of nitrogens with zero attached hydrogens (tertiary/aromatic N) is 2. The molecule has 0 aromatic heterocycles. The molecular formula is C21H36N2O4S. The van der Waals surface area contributed by atoms with E-state index in [-0.39, 0.29) is 22.2 Å². The molecule has 0 bridgehead atoms. The van der Waals surface area contributed by atoms with Crippen LogP contribution in [0, 0.1) is 11.3 Å². The SMILES string of the molecule is CCOC(=O)[C@@H]1CSC2(CCC(C(C)(C)C)CC2)N1C(=O)CN1CCOCC1. The molecule has 1 aliphatic carbocycles. The van der Waals surface area contributed by atoms with Crippen molar-refractivity contribution in [2.24, 2.45) is 11.3 Å². The van der Waals surface area contributed by atoms with Gasteiger partial charge in [0.1, 0.15) is 6.04 Å². The Morgan fingerprint density at radius 3 is 2.39 bits per heavy atom. The molecule has 1 saturated carbocycles. The molecule has 160 valence electrons. The monoisotopic (exact) mass is 412 g/mol. The van der Waals surface area contributed by atoms with Crippen LogP contribution in [0.4, 0.5) is 0 Å². The molecule has 1 amide bonds. The Balaban J connectivity index is 1.76. The fourth-order valence-electron chi connectivity index (χ4n) is 4.82.